The highest BCUT2D eigenvalue weighted by molar-refractivity contribution is 5.89. The number of alkyl halides is 3. The number of nitrogens with zero attached hydrogens (tertiary/aromatic N) is 5. The van der Waals surface area contributed by atoms with Gasteiger partial charge in [-0.3, -0.25) is 4.79 Å². The molecule has 4 aromatic rings. The number of aryl methyl sites for hydroxylation is 2. The van der Waals surface area contributed by atoms with Crippen LogP contribution in [0.25, 0.3) is 27.7 Å². The van der Waals surface area contributed by atoms with Gasteiger partial charge in [0, 0.05) is 54.9 Å². The van der Waals surface area contributed by atoms with Gasteiger partial charge < -0.3 is 14.8 Å². The molecule has 0 spiro atoms. The fourth-order valence-electron chi connectivity index (χ4n) is 5.16. The maximum Gasteiger partial charge on any atom is 0.435 e. The molecule has 0 fully saturated rings. The summed E-state index contributed by atoms with van der Waals surface area (Å²) in [6.07, 6.45) is 2.60. The van der Waals surface area contributed by atoms with Crippen LogP contribution in [-0.2, 0) is 13.2 Å². The quantitative estimate of drug-likeness (QED) is 0.279. The van der Waals surface area contributed by atoms with Crippen LogP contribution in [0.5, 0.6) is 0 Å². The molecule has 5 rings (SSSR count). The van der Waals surface area contributed by atoms with Crippen molar-refractivity contribution in [1.82, 2.24) is 24.4 Å². The molecule has 216 valence electrons. The maximum atomic E-state index is 13.8. The lowest BCUT2D eigenvalue weighted by Crippen LogP contribution is -2.21. The van der Waals surface area contributed by atoms with Crippen molar-refractivity contribution >= 4 is 22.2 Å². The van der Waals surface area contributed by atoms with Crippen LogP contribution in [0.3, 0.4) is 0 Å². The number of pyridine rings is 2. The van der Waals surface area contributed by atoms with E-state index in [1.165, 1.54) is 23.6 Å². The van der Waals surface area contributed by atoms with E-state index in [1.807, 2.05) is 50.1 Å². The number of rotatable bonds is 5. The van der Waals surface area contributed by atoms with Gasteiger partial charge in [0.25, 0.3) is 5.56 Å². The summed E-state index contributed by atoms with van der Waals surface area (Å²) in [6, 6.07) is 7.87. The molecule has 4 heterocycles. The van der Waals surface area contributed by atoms with Gasteiger partial charge in [0.1, 0.15) is 0 Å². The van der Waals surface area contributed by atoms with Crippen molar-refractivity contribution in [2.45, 2.75) is 39.9 Å². The van der Waals surface area contributed by atoms with Crippen LogP contribution in [0.2, 0.25) is 0 Å². The zero-order valence-electron chi connectivity index (χ0n) is 24.3. The number of nitrogens with one attached hydrogen (secondary N) is 1. The summed E-state index contributed by atoms with van der Waals surface area (Å²) >= 11 is 0. The summed E-state index contributed by atoms with van der Waals surface area (Å²) in [5, 5.41) is 4.08. The summed E-state index contributed by atoms with van der Waals surface area (Å²) in [4.78, 5) is 28.4. The Hall–Kier alpha value is -4.73. The van der Waals surface area contributed by atoms with Gasteiger partial charge in [-0.25, -0.2) is 15.0 Å². The predicted octanol–water partition coefficient (Wildman–Crippen LogP) is 6.95. The van der Waals surface area contributed by atoms with E-state index in [4.69, 9.17) is 0 Å². The fraction of sp³-hybridized carbons (Fsp3) is 0.250. The van der Waals surface area contributed by atoms with Crippen molar-refractivity contribution in [2.75, 3.05) is 12.4 Å². The maximum absolute atomic E-state index is 13.8. The van der Waals surface area contributed by atoms with Gasteiger partial charge in [-0.15, -0.1) is 0 Å². The minimum Gasteiger partial charge on any atom is -0.377 e. The number of halogens is 3. The molecule has 10 heteroatoms. The third-order valence-electron chi connectivity index (χ3n) is 7.56. The first-order chi connectivity index (χ1) is 19.8. The van der Waals surface area contributed by atoms with Gasteiger partial charge in [0.2, 0.25) is 0 Å². The van der Waals surface area contributed by atoms with Crippen LogP contribution in [0.1, 0.15) is 48.2 Å². The van der Waals surface area contributed by atoms with Crippen molar-refractivity contribution in [1.29, 1.82) is 0 Å². The first-order valence-electron chi connectivity index (χ1n) is 13.4. The molecule has 0 bridgehead atoms. The summed E-state index contributed by atoms with van der Waals surface area (Å²) in [5.74, 6) is 0.512. The number of allylic oxidation sites excluding steroid dienone is 3. The molecule has 0 aliphatic carbocycles. The van der Waals surface area contributed by atoms with Gasteiger partial charge in [0.05, 0.1) is 17.1 Å². The van der Waals surface area contributed by atoms with Crippen molar-refractivity contribution < 1.29 is 13.2 Å². The lowest BCUT2D eigenvalue weighted by atomic mass is 9.96. The number of benzene rings is 1. The number of aromatic nitrogens is 4. The number of hydrogen-bond donors (Lipinski definition) is 1. The van der Waals surface area contributed by atoms with Crippen LogP contribution in [-0.4, -0.2) is 31.5 Å². The molecule has 42 heavy (non-hydrogen) atoms. The number of anilines is 1. The molecular weight excluding hydrogens is 541 g/mol. The first kappa shape index (κ1) is 28.8. The van der Waals surface area contributed by atoms with E-state index >= 15 is 0 Å². The molecule has 1 aliphatic rings. The standard InChI is InChI=1S/C32H31F3N6O/c1-17-12-23(20(4)39-26-10-9-19(3)38-29(26)32(33,34)35)24-14-28(41(7)31(42)25(24)13-17)22-15-36-30(37-16-22)27-11-8-18(2)21(5)40(27)6/h8-16,20,39H,5H2,1-4,6-7H3/t20-/m1/s1. The number of fused-ring (bicyclic) bond motifs is 1. The second-order valence-corrected chi connectivity index (χ2v) is 10.6. The van der Waals surface area contributed by atoms with Crippen LogP contribution in [0.15, 0.2) is 77.5 Å². The van der Waals surface area contributed by atoms with Crippen LogP contribution in [0.4, 0.5) is 18.9 Å². The molecule has 1 aromatic carbocycles. The highest BCUT2D eigenvalue weighted by atomic mass is 19.4. The Morgan fingerprint density at radius 2 is 1.67 bits per heavy atom. The van der Waals surface area contributed by atoms with Crippen molar-refractivity contribution in [3.63, 3.8) is 0 Å². The summed E-state index contributed by atoms with van der Waals surface area (Å²) < 4.78 is 42.8. The van der Waals surface area contributed by atoms with Gasteiger partial charge in [-0.2, -0.15) is 13.2 Å². The van der Waals surface area contributed by atoms with Crippen LogP contribution >= 0.6 is 0 Å². The molecule has 0 saturated carbocycles. The monoisotopic (exact) mass is 572 g/mol. The van der Waals surface area contributed by atoms with Crippen molar-refractivity contribution in [3.8, 4) is 11.3 Å². The van der Waals surface area contributed by atoms with Crippen molar-refractivity contribution in [2.24, 2.45) is 7.05 Å². The van der Waals surface area contributed by atoms with E-state index in [0.717, 1.165) is 22.5 Å². The normalized spacial score (nSPS) is 14.6. The second-order valence-electron chi connectivity index (χ2n) is 10.6. The fourth-order valence-corrected chi connectivity index (χ4v) is 5.16. The molecule has 1 atom stereocenters. The average molecular weight is 573 g/mol. The molecule has 0 unspecified atom stereocenters. The summed E-state index contributed by atoms with van der Waals surface area (Å²) in [5.41, 5.74) is 4.33. The zero-order valence-corrected chi connectivity index (χ0v) is 24.3. The average Bonchev–Trinajstić information content (AvgIpc) is 2.94. The Bertz CT molecular complexity index is 1850. The Morgan fingerprint density at radius 3 is 2.33 bits per heavy atom. The lowest BCUT2D eigenvalue weighted by molar-refractivity contribution is -0.140. The first-order valence-corrected chi connectivity index (χ1v) is 13.4. The van der Waals surface area contributed by atoms with Gasteiger partial charge in [0.15, 0.2) is 11.5 Å². The van der Waals surface area contributed by atoms with Gasteiger partial charge in [-0.1, -0.05) is 18.7 Å². The van der Waals surface area contributed by atoms with Crippen molar-refractivity contribution in [3.05, 3.63) is 111 Å². The van der Waals surface area contributed by atoms with E-state index in [2.05, 4.69) is 26.8 Å². The summed E-state index contributed by atoms with van der Waals surface area (Å²) in [7, 11) is 3.58. The smallest absolute Gasteiger partial charge is 0.377 e. The Balaban J connectivity index is 1.58. The molecule has 1 aliphatic heterocycles. The Morgan fingerprint density at radius 1 is 0.976 bits per heavy atom. The number of likely N-dealkylation sites (N-methyl/N-ethyl adjacent to an activating group) is 1. The highest BCUT2D eigenvalue weighted by Gasteiger charge is 2.36. The van der Waals surface area contributed by atoms with Gasteiger partial charge in [-0.05, 0) is 80.1 Å². The lowest BCUT2D eigenvalue weighted by Gasteiger charge is -2.27. The largest absolute Gasteiger partial charge is 0.435 e. The molecule has 0 amide bonds. The molecule has 3 aromatic heterocycles. The Labute approximate surface area is 241 Å². The van der Waals surface area contributed by atoms with E-state index in [9.17, 15) is 18.0 Å². The van der Waals surface area contributed by atoms with Gasteiger partial charge >= 0.3 is 6.18 Å². The van der Waals surface area contributed by atoms with E-state index in [0.29, 0.717) is 33.4 Å². The van der Waals surface area contributed by atoms with Crippen LogP contribution in [0, 0.1) is 13.8 Å². The van der Waals surface area contributed by atoms with Crippen LogP contribution < -0.4 is 10.9 Å². The number of hydrogen-bond acceptors (Lipinski definition) is 6. The highest BCUT2D eigenvalue weighted by Crippen LogP contribution is 2.36. The minimum absolute atomic E-state index is 0.127. The third kappa shape index (κ3) is 5.20. The molecule has 1 N–H and O–H groups in total. The molecule has 7 nitrogen and oxygen atoms in total. The Kier molecular flexibility index (Phi) is 7.26. The van der Waals surface area contributed by atoms with E-state index in [1.54, 1.807) is 32.4 Å². The third-order valence-corrected chi connectivity index (χ3v) is 7.56. The summed E-state index contributed by atoms with van der Waals surface area (Å²) in [6.45, 7) is 11.2. The predicted molar refractivity (Wildman–Crippen MR) is 160 cm³/mol. The molecule has 0 saturated heterocycles. The van der Waals surface area contributed by atoms with E-state index < -0.39 is 17.9 Å². The SMILES string of the molecule is C=C1C(C)=CC=C(c2ncc(-c3cc4c([C@@H](C)Nc5ccc(C)nc5C(F)(F)F)cc(C)cc4c(=O)n3C)cn2)N1C. The zero-order chi connectivity index (χ0) is 30.5. The van der Waals surface area contributed by atoms with E-state index in [-0.39, 0.29) is 16.9 Å². The second kappa shape index (κ2) is 10.6. The molecular formula is C32H31F3N6O. The molecule has 0 radical (unpaired) electrons. The topological polar surface area (TPSA) is 75.9 Å². The minimum atomic E-state index is -4.62.